The normalized spacial score (nSPS) is 17.8. The third kappa shape index (κ3) is 3.92. The molecule has 110 valence electrons. The lowest BCUT2D eigenvalue weighted by atomic mass is 10.1. The number of carbonyl (C=O) groups excluding carboxylic acids is 1. The fraction of sp³-hybridized carbons (Fsp3) is 0.333. The van der Waals surface area contributed by atoms with Gasteiger partial charge < -0.3 is 31.1 Å². The van der Waals surface area contributed by atoms with Gasteiger partial charge in [-0.2, -0.15) is 0 Å². The van der Waals surface area contributed by atoms with E-state index in [1.807, 2.05) is 0 Å². The third-order valence-corrected chi connectivity index (χ3v) is 2.34. The molecular weight excluding hydrogens is 268 g/mol. The van der Waals surface area contributed by atoms with Gasteiger partial charge in [-0.15, -0.1) is 0 Å². The zero-order valence-corrected chi connectivity index (χ0v) is 10.7. The number of carbonyl (C=O) groups is 2. The van der Waals surface area contributed by atoms with Crippen molar-refractivity contribution in [3.63, 3.8) is 0 Å². The van der Waals surface area contributed by atoms with Gasteiger partial charge in [-0.05, 0) is 6.07 Å². The van der Waals surface area contributed by atoms with E-state index in [9.17, 15) is 15.0 Å². The number of hydrogen-bond acceptors (Lipinski definition) is 6. The van der Waals surface area contributed by atoms with Gasteiger partial charge in [-0.25, -0.2) is 0 Å². The predicted octanol–water partition coefficient (Wildman–Crippen LogP) is -0.581. The van der Waals surface area contributed by atoms with Gasteiger partial charge in [0, 0.05) is 19.0 Å². The van der Waals surface area contributed by atoms with E-state index in [4.69, 9.17) is 20.4 Å². The Morgan fingerprint density at radius 3 is 2.70 bits per heavy atom. The highest BCUT2D eigenvalue weighted by Gasteiger charge is 2.28. The molecule has 0 radical (unpaired) electrons. The van der Waals surface area contributed by atoms with Gasteiger partial charge in [-0.1, -0.05) is 12.1 Å². The van der Waals surface area contributed by atoms with Gasteiger partial charge in [-0.3, -0.25) is 9.59 Å². The van der Waals surface area contributed by atoms with Gasteiger partial charge in [0.25, 0.3) is 18.2 Å². The topological polar surface area (TPSA) is 142 Å². The van der Waals surface area contributed by atoms with Crippen molar-refractivity contribution in [2.24, 2.45) is 5.73 Å². The van der Waals surface area contributed by atoms with Crippen molar-refractivity contribution in [1.82, 2.24) is 0 Å². The van der Waals surface area contributed by atoms with Gasteiger partial charge in [0.1, 0.15) is 0 Å². The molecule has 0 bridgehead atoms. The highest BCUT2D eigenvalue weighted by molar-refractivity contribution is 5.97. The number of nitrogens with one attached hydrogen (secondary N) is 1. The molecule has 0 spiro atoms. The van der Waals surface area contributed by atoms with Crippen LogP contribution < -0.4 is 15.8 Å². The van der Waals surface area contributed by atoms with Crippen molar-refractivity contribution in [3.8, 4) is 5.75 Å². The quantitative estimate of drug-likeness (QED) is 0.489. The minimum atomic E-state index is -1.56. The summed E-state index contributed by atoms with van der Waals surface area (Å²) in [7, 11) is 0. The third-order valence-electron chi connectivity index (χ3n) is 2.34. The maximum Gasteiger partial charge on any atom is 0.300 e. The molecule has 0 saturated carbocycles. The molecule has 6 N–H and O–H groups in total. The van der Waals surface area contributed by atoms with Crippen LogP contribution in [0.1, 0.15) is 18.6 Å². The second-order valence-corrected chi connectivity index (χ2v) is 3.95. The molecule has 0 saturated heterocycles. The van der Waals surface area contributed by atoms with Crippen LogP contribution in [0.5, 0.6) is 5.75 Å². The van der Waals surface area contributed by atoms with Crippen LogP contribution in [0, 0.1) is 0 Å². The van der Waals surface area contributed by atoms with Crippen molar-refractivity contribution in [2.45, 2.75) is 19.3 Å². The number of amides is 1. The van der Waals surface area contributed by atoms with Gasteiger partial charge >= 0.3 is 0 Å². The molecule has 2 atom stereocenters. The van der Waals surface area contributed by atoms with Crippen molar-refractivity contribution < 1.29 is 29.6 Å². The second-order valence-electron chi connectivity index (χ2n) is 3.95. The molecule has 2 rings (SSSR count). The number of para-hydroxylation sites is 1. The van der Waals surface area contributed by atoms with Crippen molar-refractivity contribution >= 4 is 17.6 Å². The van der Waals surface area contributed by atoms with Crippen molar-refractivity contribution in [2.75, 3.05) is 11.9 Å². The van der Waals surface area contributed by atoms with Crippen LogP contribution in [0.15, 0.2) is 18.2 Å². The molecule has 0 aliphatic carbocycles. The largest absolute Gasteiger partial charge is 0.481 e. The SMILES string of the molecule is CC(=O)O.NCC(O)c1cccc2c1OC(O)C(=O)N2. The maximum atomic E-state index is 11.1. The minimum absolute atomic E-state index is 0.0316. The molecule has 1 aromatic carbocycles. The molecule has 8 heteroatoms. The molecule has 1 heterocycles. The number of ether oxygens (including phenoxy) is 1. The zero-order chi connectivity index (χ0) is 15.3. The molecule has 8 nitrogen and oxygen atoms in total. The first-order valence-electron chi connectivity index (χ1n) is 5.73. The number of aliphatic carboxylic acids is 1. The molecule has 1 amide bonds. The molecule has 0 aromatic heterocycles. The minimum Gasteiger partial charge on any atom is -0.481 e. The number of anilines is 1. The van der Waals surface area contributed by atoms with E-state index in [0.717, 1.165) is 6.92 Å². The Hall–Kier alpha value is -2.16. The van der Waals surface area contributed by atoms with E-state index in [0.29, 0.717) is 11.3 Å². The summed E-state index contributed by atoms with van der Waals surface area (Å²) in [5, 5.41) is 28.8. The molecule has 2 unspecified atom stereocenters. The maximum absolute atomic E-state index is 11.1. The van der Waals surface area contributed by atoms with E-state index < -0.39 is 24.3 Å². The highest BCUT2D eigenvalue weighted by atomic mass is 16.6. The summed E-state index contributed by atoms with van der Waals surface area (Å²) >= 11 is 0. The summed E-state index contributed by atoms with van der Waals surface area (Å²) in [6, 6.07) is 4.90. The number of fused-ring (bicyclic) bond motifs is 1. The Morgan fingerprint density at radius 2 is 2.15 bits per heavy atom. The number of carboxylic acids is 1. The number of aliphatic hydroxyl groups excluding tert-OH is 2. The molecule has 20 heavy (non-hydrogen) atoms. The van der Waals surface area contributed by atoms with Crippen LogP contribution in [0.25, 0.3) is 0 Å². The standard InChI is InChI=1S/C10H12N2O4.C2H4O2/c11-4-7(13)5-2-1-3-6-8(5)16-10(15)9(14)12-6;1-2(3)4/h1-3,7,10,13,15H,4,11H2,(H,12,14);1H3,(H,3,4). The molecule has 1 aliphatic rings. The lowest BCUT2D eigenvalue weighted by Crippen LogP contribution is -2.37. The van der Waals surface area contributed by atoms with E-state index in [2.05, 4.69) is 5.32 Å². The molecular formula is C12H16N2O6. The number of carboxylic acid groups (broad SMARTS) is 1. The van der Waals surface area contributed by atoms with E-state index in [1.54, 1.807) is 18.2 Å². The van der Waals surface area contributed by atoms with Gasteiger partial charge in [0.15, 0.2) is 5.75 Å². The van der Waals surface area contributed by atoms with Gasteiger partial charge in [0.2, 0.25) is 0 Å². The zero-order valence-electron chi connectivity index (χ0n) is 10.7. The van der Waals surface area contributed by atoms with E-state index in [-0.39, 0.29) is 12.3 Å². The van der Waals surface area contributed by atoms with Crippen LogP contribution in [0.3, 0.4) is 0 Å². The summed E-state index contributed by atoms with van der Waals surface area (Å²) in [4.78, 5) is 20.1. The molecule has 0 fully saturated rings. The van der Waals surface area contributed by atoms with Crippen LogP contribution in [-0.4, -0.2) is 40.0 Å². The molecule has 1 aliphatic heterocycles. The Kier molecular flexibility index (Phi) is 5.44. The van der Waals surface area contributed by atoms with E-state index >= 15 is 0 Å². The Labute approximate surface area is 114 Å². The second kappa shape index (κ2) is 6.85. The van der Waals surface area contributed by atoms with Crippen LogP contribution in [-0.2, 0) is 9.59 Å². The average Bonchev–Trinajstić information content (AvgIpc) is 2.38. The van der Waals surface area contributed by atoms with Gasteiger partial charge in [0.05, 0.1) is 11.8 Å². The highest BCUT2D eigenvalue weighted by Crippen LogP contribution is 2.35. The fourth-order valence-corrected chi connectivity index (χ4v) is 1.53. The first kappa shape index (κ1) is 15.9. The summed E-state index contributed by atoms with van der Waals surface area (Å²) in [6.45, 7) is 1.11. The fourth-order valence-electron chi connectivity index (χ4n) is 1.53. The van der Waals surface area contributed by atoms with E-state index in [1.165, 1.54) is 0 Å². The predicted molar refractivity (Wildman–Crippen MR) is 69.0 cm³/mol. The number of rotatable bonds is 2. The summed E-state index contributed by atoms with van der Waals surface area (Å²) in [5.74, 6) is -1.21. The van der Waals surface area contributed by atoms with Crippen LogP contribution in [0.4, 0.5) is 5.69 Å². The van der Waals surface area contributed by atoms with Crippen LogP contribution in [0.2, 0.25) is 0 Å². The average molecular weight is 284 g/mol. The number of benzene rings is 1. The Bertz CT molecular complexity index is 501. The first-order valence-corrected chi connectivity index (χ1v) is 5.73. The van der Waals surface area contributed by atoms with Crippen LogP contribution >= 0.6 is 0 Å². The Balaban J connectivity index is 0.000000444. The molecule has 1 aromatic rings. The number of aliphatic hydroxyl groups is 2. The van der Waals surface area contributed by atoms with Crippen molar-refractivity contribution in [3.05, 3.63) is 23.8 Å². The summed E-state index contributed by atoms with van der Waals surface area (Å²) < 4.78 is 5.03. The monoisotopic (exact) mass is 284 g/mol. The number of hydrogen-bond donors (Lipinski definition) is 5. The summed E-state index contributed by atoms with van der Waals surface area (Å²) in [5.41, 5.74) is 6.20. The van der Waals surface area contributed by atoms with Crippen molar-refractivity contribution in [1.29, 1.82) is 0 Å². The lowest BCUT2D eigenvalue weighted by Gasteiger charge is -2.25. The smallest absolute Gasteiger partial charge is 0.300 e. The summed E-state index contributed by atoms with van der Waals surface area (Å²) in [6.07, 6.45) is -2.45. The Morgan fingerprint density at radius 1 is 1.55 bits per heavy atom. The first-order chi connectivity index (χ1) is 9.36. The lowest BCUT2D eigenvalue weighted by molar-refractivity contribution is -0.139. The number of nitrogens with two attached hydrogens (primary N) is 1.